The molecule has 0 aromatic heterocycles. The van der Waals surface area contributed by atoms with Crippen LogP contribution < -0.4 is 11.3 Å². The quantitative estimate of drug-likeness (QED) is 0.378. The Hall–Kier alpha value is -1.18. The van der Waals surface area contributed by atoms with Crippen LogP contribution in [-0.2, 0) is 14.3 Å². The van der Waals surface area contributed by atoms with Crippen molar-refractivity contribution in [3.63, 3.8) is 0 Å². The zero-order valence-electron chi connectivity index (χ0n) is 13.3. The molecule has 0 aromatic carbocycles. The van der Waals surface area contributed by atoms with Gasteiger partial charge in [0.05, 0.1) is 13.2 Å². The molecular formula is C14H28N4O3. The van der Waals surface area contributed by atoms with E-state index in [-0.39, 0.29) is 17.7 Å². The SMILES string of the molecule is COCCN(CC(=O)N1CCC(C(=O)NN)CC1)C(C)C. The second-order valence-corrected chi connectivity index (χ2v) is 5.72. The fourth-order valence-corrected chi connectivity index (χ4v) is 2.51. The third-order valence-electron chi connectivity index (χ3n) is 4.01. The minimum Gasteiger partial charge on any atom is -0.383 e. The van der Waals surface area contributed by atoms with E-state index >= 15 is 0 Å². The molecule has 2 amide bonds. The molecule has 0 atom stereocenters. The fourth-order valence-electron chi connectivity index (χ4n) is 2.51. The number of hydrazine groups is 1. The molecule has 7 nitrogen and oxygen atoms in total. The first-order valence-corrected chi connectivity index (χ1v) is 7.50. The molecule has 0 bridgehead atoms. The van der Waals surface area contributed by atoms with Gasteiger partial charge in [0.25, 0.3) is 0 Å². The second kappa shape index (κ2) is 8.96. The summed E-state index contributed by atoms with van der Waals surface area (Å²) in [5.41, 5.74) is 2.18. The topological polar surface area (TPSA) is 87.9 Å². The van der Waals surface area contributed by atoms with Gasteiger partial charge in [0.2, 0.25) is 11.8 Å². The number of ether oxygens (including phenoxy) is 1. The number of amides is 2. The van der Waals surface area contributed by atoms with Crippen LogP contribution in [0.5, 0.6) is 0 Å². The highest BCUT2D eigenvalue weighted by Gasteiger charge is 2.27. The van der Waals surface area contributed by atoms with Crippen LogP contribution in [-0.4, -0.2) is 67.6 Å². The van der Waals surface area contributed by atoms with Crippen LogP contribution in [0.3, 0.4) is 0 Å². The molecule has 0 radical (unpaired) electrons. The first-order chi connectivity index (χ1) is 9.99. The molecule has 122 valence electrons. The molecule has 0 spiro atoms. The molecule has 1 aliphatic heterocycles. The van der Waals surface area contributed by atoms with Gasteiger partial charge in [0.1, 0.15) is 0 Å². The minimum absolute atomic E-state index is 0.0752. The smallest absolute Gasteiger partial charge is 0.237 e. The van der Waals surface area contributed by atoms with Gasteiger partial charge in [-0.3, -0.25) is 19.9 Å². The number of methoxy groups -OCH3 is 1. The maximum Gasteiger partial charge on any atom is 0.237 e. The molecule has 0 aliphatic carbocycles. The molecule has 0 unspecified atom stereocenters. The highest BCUT2D eigenvalue weighted by atomic mass is 16.5. The summed E-state index contributed by atoms with van der Waals surface area (Å²) in [6.45, 7) is 7.13. The van der Waals surface area contributed by atoms with Gasteiger partial charge in [-0.05, 0) is 26.7 Å². The maximum atomic E-state index is 12.3. The second-order valence-electron chi connectivity index (χ2n) is 5.72. The van der Waals surface area contributed by atoms with E-state index in [0.717, 1.165) is 6.54 Å². The van der Waals surface area contributed by atoms with Crippen molar-refractivity contribution in [3.05, 3.63) is 0 Å². The third kappa shape index (κ3) is 5.61. The van der Waals surface area contributed by atoms with E-state index in [4.69, 9.17) is 10.6 Å². The van der Waals surface area contributed by atoms with Crippen LogP contribution in [0.1, 0.15) is 26.7 Å². The van der Waals surface area contributed by atoms with E-state index in [1.54, 1.807) is 7.11 Å². The summed E-state index contributed by atoms with van der Waals surface area (Å²) in [7, 11) is 1.66. The highest BCUT2D eigenvalue weighted by Crippen LogP contribution is 2.17. The van der Waals surface area contributed by atoms with Crippen LogP contribution in [0.2, 0.25) is 0 Å². The van der Waals surface area contributed by atoms with Crippen molar-refractivity contribution in [2.75, 3.05) is 39.9 Å². The standard InChI is InChI=1S/C14H28N4O3/c1-11(2)18(8-9-21-3)10-13(19)17-6-4-12(5-7-17)14(20)16-15/h11-12H,4-10,15H2,1-3H3,(H,16,20). The Labute approximate surface area is 126 Å². The summed E-state index contributed by atoms with van der Waals surface area (Å²) >= 11 is 0. The average molecular weight is 300 g/mol. The lowest BCUT2D eigenvalue weighted by Gasteiger charge is -2.33. The van der Waals surface area contributed by atoms with Gasteiger partial charge in [-0.1, -0.05) is 0 Å². The number of piperidine rings is 1. The van der Waals surface area contributed by atoms with Crippen LogP contribution in [0.25, 0.3) is 0 Å². The van der Waals surface area contributed by atoms with E-state index in [1.807, 2.05) is 4.90 Å². The molecule has 1 heterocycles. The van der Waals surface area contributed by atoms with Crippen molar-refractivity contribution < 1.29 is 14.3 Å². The van der Waals surface area contributed by atoms with E-state index in [1.165, 1.54) is 0 Å². The van der Waals surface area contributed by atoms with Crippen molar-refractivity contribution in [2.45, 2.75) is 32.7 Å². The molecule has 0 saturated carbocycles. The normalized spacial score (nSPS) is 16.6. The molecule has 3 N–H and O–H groups in total. The number of hydrogen-bond acceptors (Lipinski definition) is 5. The Morgan fingerprint density at radius 1 is 1.38 bits per heavy atom. The number of rotatable bonds is 7. The Balaban J connectivity index is 2.43. The van der Waals surface area contributed by atoms with Crippen LogP contribution in [0.15, 0.2) is 0 Å². The first kappa shape index (κ1) is 17.9. The zero-order valence-corrected chi connectivity index (χ0v) is 13.3. The van der Waals surface area contributed by atoms with Gasteiger partial charge < -0.3 is 9.64 Å². The summed E-state index contributed by atoms with van der Waals surface area (Å²) in [4.78, 5) is 27.7. The number of carbonyl (C=O) groups excluding carboxylic acids is 2. The summed E-state index contributed by atoms with van der Waals surface area (Å²) in [5.74, 6) is 5.05. The summed E-state index contributed by atoms with van der Waals surface area (Å²) in [6, 6.07) is 0.296. The van der Waals surface area contributed by atoms with E-state index < -0.39 is 0 Å². The molecule has 7 heteroatoms. The maximum absolute atomic E-state index is 12.3. The number of hydrogen-bond donors (Lipinski definition) is 2. The van der Waals surface area contributed by atoms with Gasteiger partial charge >= 0.3 is 0 Å². The number of nitrogens with two attached hydrogens (primary N) is 1. The van der Waals surface area contributed by atoms with E-state index in [0.29, 0.717) is 45.1 Å². The van der Waals surface area contributed by atoms with Crippen molar-refractivity contribution in [2.24, 2.45) is 11.8 Å². The number of carbonyl (C=O) groups is 2. The molecule has 21 heavy (non-hydrogen) atoms. The Kier molecular flexibility index (Phi) is 7.63. The average Bonchev–Trinajstić information content (AvgIpc) is 2.50. The monoisotopic (exact) mass is 300 g/mol. The number of nitrogens with zero attached hydrogens (tertiary/aromatic N) is 2. The summed E-state index contributed by atoms with van der Waals surface area (Å²) in [5, 5.41) is 0. The Bertz CT molecular complexity index is 341. The van der Waals surface area contributed by atoms with Gasteiger partial charge in [-0.2, -0.15) is 0 Å². The van der Waals surface area contributed by atoms with Crippen LogP contribution in [0, 0.1) is 5.92 Å². The minimum atomic E-state index is -0.133. The lowest BCUT2D eigenvalue weighted by atomic mass is 9.96. The van der Waals surface area contributed by atoms with Crippen molar-refractivity contribution in [1.82, 2.24) is 15.2 Å². The van der Waals surface area contributed by atoms with Crippen molar-refractivity contribution in [1.29, 1.82) is 0 Å². The molecular weight excluding hydrogens is 272 g/mol. The predicted octanol–water partition coefficient (Wildman–Crippen LogP) is -0.428. The van der Waals surface area contributed by atoms with Gasteiger partial charge in [0, 0.05) is 38.7 Å². The number of nitrogens with one attached hydrogen (secondary N) is 1. The lowest BCUT2D eigenvalue weighted by Crippen LogP contribution is -2.48. The first-order valence-electron chi connectivity index (χ1n) is 7.50. The Morgan fingerprint density at radius 3 is 2.48 bits per heavy atom. The largest absolute Gasteiger partial charge is 0.383 e. The molecule has 1 fully saturated rings. The lowest BCUT2D eigenvalue weighted by molar-refractivity contribution is -0.137. The molecule has 1 saturated heterocycles. The molecule has 0 aromatic rings. The van der Waals surface area contributed by atoms with Gasteiger partial charge in [0.15, 0.2) is 0 Å². The number of likely N-dealkylation sites (tertiary alicyclic amines) is 1. The van der Waals surface area contributed by atoms with Gasteiger partial charge in [-0.25, -0.2) is 5.84 Å². The summed E-state index contributed by atoms with van der Waals surface area (Å²) < 4.78 is 5.08. The van der Waals surface area contributed by atoms with Gasteiger partial charge in [-0.15, -0.1) is 0 Å². The van der Waals surface area contributed by atoms with Crippen molar-refractivity contribution >= 4 is 11.8 Å². The molecule has 1 rings (SSSR count). The predicted molar refractivity (Wildman–Crippen MR) is 80.2 cm³/mol. The van der Waals surface area contributed by atoms with Crippen LogP contribution in [0.4, 0.5) is 0 Å². The van der Waals surface area contributed by atoms with E-state index in [2.05, 4.69) is 24.2 Å². The Morgan fingerprint density at radius 2 is 2.00 bits per heavy atom. The fraction of sp³-hybridized carbons (Fsp3) is 0.857. The van der Waals surface area contributed by atoms with Crippen LogP contribution >= 0.6 is 0 Å². The molecule has 1 aliphatic rings. The van der Waals surface area contributed by atoms with E-state index in [9.17, 15) is 9.59 Å². The summed E-state index contributed by atoms with van der Waals surface area (Å²) in [6.07, 6.45) is 1.35. The third-order valence-corrected chi connectivity index (χ3v) is 4.01. The highest BCUT2D eigenvalue weighted by molar-refractivity contribution is 5.80. The van der Waals surface area contributed by atoms with Crippen molar-refractivity contribution in [3.8, 4) is 0 Å². The zero-order chi connectivity index (χ0) is 15.8.